The van der Waals surface area contributed by atoms with Crippen LogP contribution in [-0.2, 0) is 6.42 Å². The van der Waals surface area contributed by atoms with Gasteiger partial charge in [0.2, 0.25) is 0 Å². The Morgan fingerprint density at radius 1 is 1.74 bits per heavy atom. The Morgan fingerprint density at radius 2 is 2.42 bits per heavy atom. The van der Waals surface area contributed by atoms with Crippen molar-refractivity contribution < 1.29 is 4.92 Å². The molecule has 5 nitrogen and oxygen atoms in total. The molecule has 1 aromatic heterocycles. The van der Waals surface area contributed by atoms with Crippen molar-refractivity contribution in [2.45, 2.75) is 26.2 Å². The number of nitriles is 1. The number of nitrogens with two attached hydrogens (primary N) is 1. The number of thiophene rings is 1. The summed E-state index contributed by atoms with van der Waals surface area (Å²) < 4.78 is 0. The van der Waals surface area contributed by atoms with Gasteiger partial charge >= 0.3 is 0 Å². The number of rotatable bonds is 6. The molecule has 1 rings (SSSR count). The van der Waals surface area contributed by atoms with E-state index in [9.17, 15) is 10.1 Å². The molecule has 0 aliphatic rings. The van der Waals surface area contributed by atoms with Gasteiger partial charge in [-0.1, -0.05) is 25.6 Å². The Kier molecular flexibility index (Phi) is 5.60. The molecular formula is C12H13N3O2S2. The third-order valence-corrected chi connectivity index (χ3v) is 3.78. The Morgan fingerprint density at radius 3 is 2.89 bits per heavy atom. The van der Waals surface area contributed by atoms with Crippen molar-refractivity contribution in [2.24, 2.45) is 5.73 Å². The summed E-state index contributed by atoms with van der Waals surface area (Å²) in [4.78, 5) is 11.9. The van der Waals surface area contributed by atoms with Crippen LogP contribution in [0.15, 0.2) is 11.6 Å². The molecule has 0 saturated heterocycles. The molecule has 1 heterocycles. The van der Waals surface area contributed by atoms with Crippen molar-refractivity contribution in [3.63, 3.8) is 0 Å². The van der Waals surface area contributed by atoms with Gasteiger partial charge in [-0.2, -0.15) is 5.26 Å². The average Bonchev–Trinajstić information content (AvgIpc) is 2.76. The van der Waals surface area contributed by atoms with Crippen LogP contribution < -0.4 is 5.73 Å². The number of nitro groups is 1. The van der Waals surface area contributed by atoms with Crippen LogP contribution in [0.4, 0.5) is 5.69 Å². The van der Waals surface area contributed by atoms with Crippen LogP contribution in [0.5, 0.6) is 0 Å². The molecule has 19 heavy (non-hydrogen) atoms. The van der Waals surface area contributed by atoms with Gasteiger partial charge in [0.25, 0.3) is 5.69 Å². The topological polar surface area (TPSA) is 93.0 Å². The largest absolute Gasteiger partial charge is 0.389 e. The fraction of sp³-hybridized carbons (Fsp3) is 0.333. The standard InChI is InChI=1S/C12H13N3O2S2/c1-2-3-4-11-10(15(16)17)6-9(19-11)5-8(7-13)12(14)18/h5-6H,2-4H2,1H3,(H2,14,18)/b8-5-. The zero-order valence-corrected chi connectivity index (χ0v) is 12.0. The van der Waals surface area contributed by atoms with E-state index in [1.807, 2.05) is 13.0 Å². The lowest BCUT2D eigenvalue weighted by atomic mass is 10.2. The lowest BCUT2D eigenvalue weighted by Crippen LogP contribution is -2.09. The minimum atomic E-state index is -0.397. The maximum atomic E-state index is 11.0. The van der Waals surface area contributed by atoms with E-state index in [0.29, 0.717) is 11.3 Å². The molecule has 0 saturated carbocycles. The van der Waals surface area contributed by atoms with Crippen LogP contribution in [0.1, 0.15) is 29.5 Å². The predicted octanol–water partition coefficient (Wildman–Crippen LogP) is 3.19. The minimum absolute atomic E-state index is 0.00587. The van der Waals surface area contributed by atoms with Crippen LogP contribution in [-0.4, -0.2) is 9.91 Å². The van der Waals surface area contributed by atoms with Gasteiger partial charge in [-0.25, -0.2) is 0 Å². The van der Waals surface area contributed by atoms with Crippen molar-refractivity contribution in [1.29, 1.82) is 5.26 Å². The van der Waals surface area contributed by atoms with Crippen molar-refractivity contribution in [3.05, 3.63) is 31.5 Å². The Labute approximate surface area is 120 Å². The Balaban J connectivity index is 3.14. The first-order valence-corrected chi connectivity index (χ1v) is 6.90. The predicted molar refractivity (Wildman–Crippen MR) is 80.0 cm³/mol. The zero-order valence-electron chi connectivity index (χ0n) is 10.4. The number of hydrogen-bond acceptors (Lipinski definition) is 5. The molecule has 0 fully saturated rings. The quantitative estimate of drug-likeness (QED) is 0.286. The number of thiocarbonyl (C=S) groups is 1. The third-order valence-electron chi connectivity index (χ3n) is 2.43. The highest BCUT2D eigenvalue weighted by Crippen LogP contribution is 2.31. The summed E-state index contributed by atoms with van der Waals surface area (Å²) in [5.41, 5.74) is 5.65. The van der Waals surface area contributed by atoms with Crippen LogP contribution >= 0.6 is 23.6 Å². The Bertz CT molecular complexity index is 570. The van der Waals surface area contributed by atoms with Gasteiger partial charge in [-0.05, 0) is 18.9 Å². The molecule has 0 aliphatic carbocycles. The van der Waals surface area contributed by atoms with Crippen molar-refractivity contribution in [2.75, 3.05) is 0 Å². The second kappa shape index (κ2) is 6.97. The maximum absolute atomic E-state index is 11.0. The zero-order chi connectivity index (χ0) is 14.4. The lowest BCUT2D eigenvalue weighted by Gasteiger charge is -1.94. The highest BCUT2D eigenvalue weighted by atomic mass is 32.1. The molecule has 0 bridgehead atoms. The molecule has 0 spiro atoms. The van der Waals surface area contributed by atoms with Crippen LogP contribution in [0, 0.1) is 21.4 Å². The SMILES string of the molecule is CCCCc1sc(/C=C(/C#N)C(N)=S)cc1[N+](=O)[O-]. The summed E-state index contributed by atoms with van der Waals surface area (Å²) in [6.07, 6.45) is 4.02. The van der Waals surface area contributed by atoms with E-state index in [1.54, 1.807) is 0 Å². The molecule has 0 unspecified atom stereocenters. The fourth-order valence-corrected chi connectivity index (χ4v) is 2.70. The van der Waals surface area contributed by atoms with Gasteiger partial charge in [0.15, 0.2) is 0 Å². The van der Waals surface area contributed by atoms with Gasteiger partial charge in [-0.15, -0.1) is 11.3 Å². The molecule has 2 N–H and O–H groups in total. The van der Waals surface area contributed by atoms with Gasteiger partial charge in [-0.3, -0.25) is 10.1 Å². The first kappa shape index (κ1) is 15.3. The van der Waals surface area contributed by atoms with Crippen LogP contribution in [0.3, 0.4) is 0 Å². The monoisotopic (exact) mass is 295 g/mol. The molecule has 0 aromatic carbocycles. The number of unbranched alkanes of at least 4 members (excludes halogenated alkanes) is 1. The van der Waals surface area contributed by atoms with Gasteiger partial charge in [0.05, 0.1) is 15.4 Å². The van der Waals surface area contributed by atoms with E-state index in [4.69, 9.17) is 23.2 Å². The summed E-state index contributed by atoms with van der Waals surface area (Å²) >= 11 is 6.04. The number of hydrogen-bond donors (Lipinski definition) is 1. The molecular weight excluding hydrogens is 282 g/mol. The summed E-state index contributed by atoms with van der Waals surface area (Å²) in [6.45, 7) is 2.03. The summed E-state index contributed by atoms with van der Waals surface area (Å²) in [7, 11) is 0. The van der Waals surface area contributed by atoms with Gasteiger partial charge in [0.1, 0.15) is 11.1 Å². The third kappa shape index (κ3) is 4.12. The highest BCUT2D eigenvalue weighted by molar-refractivity contribution is 7.80. The first-order chi connectivity index (χ1) is 8.99. The second-order valence-corrected chi connectivity index (χ2v) is 5.46. The normalized spacial score (nSPS) is 11.1. The molecule has 100 valence electrons. The van der Waals surface area contributed by atoms with Crippen molar-refractivity contribution in [1.82, 2.24) is 0 Å². The summed E-state index contributed by atoms with van der Waals surface area (Å²) in [6, 6.07) is 3.35. The molecule has 0 amide bonds. The van der Waals surface area contributed by atoms with E-state index < -0.39 is 4.92 Å². The van der Waals surface area contributed by atoms with Crippen LogP contribution in [0.25, 0.3) is 6.08 Å². The van der Waals surface area contributed by atoms with E-state index in [0.717, 1.165) is 17.7 Å². The first-order valence-electron chi connectivity index (χ1n) is 5.68. The van der Waals surface area contributed by atoms with E-state index in [2.05, 4.69) is 0 Å². The average molecular weight is 295 g/mol. The molecule has 0 atom stereocenters. The smallest absolute Gasteiger partial charge is 0.283 e. The van der Waals surface area contributed by atoms with Crippen molar-refractivity contribution in [3.8, 4) is 6.07 Å². The van der Waals surface area contributed by atoms with Gasteiger partial charge < -0.3 is 5.73 Å². The van der Waals surface area contributed by atoms with Crippen LogP contribution in [0.2, 0.25) is 0 Å². The molecule has 0 aliphatic heterocycles. The molecule has 0 radical (unpaired) electrons. The second-order valence-electron chi connectivity index (χ2n) is 3.85. The Hall–Kier alpha value is -1.78. The molecule has 7 heteroatoms. The van der Waals surface area contributed by atoms with E-state index in [1.165, 1.54) is 23.5 Å². The number of nitrogens with zero attached hydrogens (tertiary/aromatic N) is 2. The van der Waals surface area contributed by atoms with E-state index in [-0.39, 0.29) is 16.2 Å². The lowest BCUT2D eigenvalue weighted by molar-refractivity contribution is -0.385. The number of aryl methyl sites for hydroxylation is 1. The fourth-order valence-electron chi connectivity index (χ4n) is 1.48. The van der Waals surface area contributed by atoms with E-state index >= 15 is 0 Å². The highest BCUT2D eigenvalue weighted by Gasteiger charge is 2.18. The van der Waals surface area contributed by atoms with Crippen molar-refractivity contribution >= 4 is 40.3 Å². The summed E-state index contributed by atoms with van der Waals surface area (Å²) in [5.74, 6) is 0. The maximum Gasteiger partial charge on any atom is 0.283 e. The van der Waals surface area contributed by atoms with Gasteiger partial charge in [0, 0.05) is 10.9 Å². The summed E-state index contributed by atoms with van der Waals surface area (Å²) in [5, 5.41) is 19.8. The molecule has 1 aromatic rings. The minimum Gasteiger partial charge on any atom is -0.389 e.